The maximum atomic E-state index is 12.8. The first-order chi connectivity index (χ1) is 14.0. The third kappa shape index (κ3) is 3.17. The van der Waals surface area contributed by atoms with Gasteiger partial charge >= 0.3 is 0 Å². The molecule has 1 atom stereocenters. The van der Waals surface area contributed by atoms with E-state index >= 15 is 0 Å². The molecule has 0 bridgehead atoms. The van der Waals surface area contributed by atoms with Crippen molar-refractivity contribution in [2.24, 2.45) is 0 Å². The number of anilines is 4. The highest BCUT2D eigenvalue weighted by atomic mass is 16.5. The maximum Gasteiger partial charge on any atom is 0.249 e. The standard InChI is InChI=1S/C21H27N5O3/c1-5-16-20(28)25(4)17-10-22-21(24-19(17)26(16)12(2)3)23-15-7-6-13(11-27)14-8-9-29-18(14)15/h6-7,10,12,16,27H,5,8-9,11H2,1-4H3,(H,22,23,24). The van der Waals surface area contributed by atoms with Gasteiger partial charge in [0, 0.05) is 25.1 Å². The van der Waals surface area contributed by atoms with Crippen LogP contribution in [-0.2, 0) is 17.8 Å². The fraction of sp³-hybridized carbons (Fsp3) is 0.476. The Balaban J connectivity index is 1.73. The lowest BCUT2D eigenvalue weighted by Crippen LogP contribution is -2.54. The molecule has 2 aromatic rings. The van der Waals surface area contributed by atoms with E-state index < -0.39 is 0 Å². The number of rotatable bonds is 5. The van der Waals surface area contributed by atoms with Crippen molar-refractivity contribution in [1.82, 2.24) is 9.97 Å². The third-order valence-corrected chi connectivity index (χ3v) is 5.62. The first-order valence-electron chi connectivity index (χ1n) is 10.0. The number of nitrogens with one attached hydrogen (secondary N) is 1. The Kier molecular flexibility index (Phi) is 5.04. The number of hydrogen-bond acceptors (Lipinski definition) is 7. The Hall–Kier alpha value is -2.87. The summed E-state index contributed by atoms with van der Waals surface area (Å²) < 4.78 is 5.79. The van der Waals surface area contributed by atoms with Crippen LogP contribution in [0.5, 0.6) is 5.75 Å². The summed E-state index contributed by atoms with van der Waals surface area (Å²) in [5.74, 6) is 2.00. The number of fused-ring (bicyclic) bond motifs is 2. The molecule has 1 aromatic carbocycles. The van der Waals surface area contributed by atoms with E-state index in [9.17, 15) is 9.90 Å². The minimum Gasteiger partial charge on any atom is -0.491 e. The van der Waals surface area contributed by atoms with Gasteiger partial charge in [0.05, 0.1) is 25.1 Å². The highest BCUT2D eigenvalue weighted by Crippen LogP contribution is 2.39. The van der Waals surface area contributed by atoms with Crippen molar-refractivity contribution in [2.45, 2.75) is 52.3 Å². The second-order valence-electron chi connectivity index (χ2n) is 7.69. The Labute approximate surface area is 170 Å². The zero-order valence-electron chi connectivity index (χ0n) is 17.3. The summed E-state index contributed by atoms with van der Waals surface area (Å²) in [7, 11) is 1.77. The first-order valence-corrected chi connectivity index (χ1v) is 10.0. The van der Waals surface area contributed by atoms with Crippen molar-refractivity contribution >= 4 is 29.0 Å². The van der Waals surface area contributed by atoms with Crippen LogP contribution in [-0.4, -0.2) is 46.7 Å². The number of carbonyl (C=O) groups is 1. The molecule has 1 aromatic heterocycles. The molecule has 4 rings (SSSR count). The van der Waals surface area contributed by atoms with Crippen LogP contribution >= 0.6 is 0 Å². The van der Waals surface area contributed by atoms with Crippen molar-refractivity contribution in [3.05, 3.63) is 29.5 Å². The van der Waals surface area contributed by atoms with Gasteiger partial charge in [-0.05, 0) is 31.9 Å². The van der Waals surface area contributed by atoms with Crippen LogP contribution in [0.4, 0.5) is 23.1 Å². The number of amides is 1. The molecule has 0 aliphatic carbocycles. The van der Waals surface area contributed by atoms with Gasteiger partial charge in [0.2, 0.25) is 11.9 Å². The number of hydrogen-bond donors (Lipinski definition) is 2. The topological polar surface area (TPSA) is 90.8 Å². The van der Waals surface area contributed by atoms with E-state index in [-0.39, 0.29) is 24.6 Å². The molecule has 2 aliphatic rings. The third-order valence-electron chi connectivity index (χ3n) is 5.62. The van der Waals surface area contributed by atoms with Gasteiger partial charge in [0.25, 0.3) is 0 Å². The molecule has 0 saturated heterocycles. The van der Waals surface area contributed by atoms with E-state index in [1.807, 2.05) is 19.1 Å². The highest BCUT2D eigenvalue weighted by Gasteiger charge is 2.38. The zero-order valence-corrected chi connectivity index (χ0v) is 17.3. The average Bonchev–Trinajstić information content (AvgIpc) is 3.20. The second-order valence-corrected chi connectivity index (χ2v) is 7.69. The molecular formula is C21H27N5O3. The van der Waals surface area contributed by atoms with Crippen molar-refractivity contribution in [1.29, 1.82) is 0 Å². The minimum atomic E-state index is -0.244. The molecule has 0 radical (unpaired) electrons. The van der Waals surface area contributed by atoms with Crippen LogP contribution in [0.3, 0.4) is 0 Å². The quantitative estimate of drug-likeness (QED) is 0.801. The largest absolute Gasteiger partial charge is 0.491 e. The summed E-state index contributed by atoms with van der Waals surface area (Å²) in [6.45, 7) is 6.73. The molecule has 1 amide bonds. The molecule has 8 heteroatoms. The van der Waals surface area contributed by atoms with E-state index in [1.54, 1.807) is 18.1 Å². The summed E-state index contributed by atoms with van der Waals surface area (Å²) in [5.41, 5.74) is 3.39. The number of benzene rings is 1. The van der Waals surface area contributed by atoms with Gasteiger partial charge < -0.3 is 25.0 Å². The molecule has 0 spiro atoms. The molecule has 3 heterocycles. The van der Waals surface area contributed by atoms with Crippen molar-refractivity contribution in [3.8, 4) is 5.75 Å². The van der Waals surface area contributed by atoms with Gasteiger partial charge in [-0.25, -0.2) is 4.98 Å². The van der Waals surface area contributed by atoms with Gasteiger partial charge in [-0.2, -0.15) is 4.98 Å². The summed E-state index contributed by atoms with van der Waals surface area (Å²) in [6.07, 6.45) is 3.17. The van der Waals surface area contributed by atoms with Gasteiger partial charge in [0.15, 0.2) is 5.82 Å². The predicted octanol–water partition coefficient (Wildman–Crippen LogP) is 2.62. The molecule has 2 aliphatic heterocycles. The van der Waals surface area contributed by atoms with Crippen LogP contribution in [0.25, 0.3) is 0 Å². The first kappa shape index (κ1) is 19.4. The van der Waals surface area contributed by atoms with E-state index in [0.717, 1.165) is 34.8 Å². The number of aliphatic hydroxyl groups excluding tert-OH is 1. The van der Waals surface area contributed by atoms with Crippen LogP contribution in [0.2, 0.25) is 0 Å². The Bertz CT molecular complexity index is 946. The monoisotopic (exact) mass is 397 g/mol. The smallest absolute Gasteiger partial charge is 0.249 e. The van der Waals surface area contributed by atoms with Crippen LogP contribution < -0.4 is 19.9 Å². The van der Waals surface area contributed by atoms with Gasteiger partial charge in [-0.1, -0.05) is 13.0 Å². The van der Waals surface area contributed by atoms with Crippen molar-refractivity contribution in [3.63, 3.8) is 0 Å². The van der Waals surface area contributed by atoms with Gasteiger partial charge in [-0.15, -0.1) is 0 Å². The molecule has 8 nitrogen and oxygen atoms in total. The van der Waals surface area contributed by atoms with Crippen molar-refractivity contribution < 1.29 is 14.6 Å². The molecule has 154 valence electrons. The number of nitrogens with zero attached hydrogens (tertiary/aromatic N) is 4. The summed E-state index contributed by atoms with van der Waals surface area (Å²) in [4.78, 5) is 25.7. The lowest BCUT2D eigenvalue weighted by Gasteiger charge is -2.42. The molecule has 29 heavy (non-hydrogen) atoms. The highest BCUT2D eigenvalue weighted by molar-refractivity contribution is 6.04. The predicted molar refractivity (Wildman–Crippen MR) is 112 cm³/mol. The van der Waals surface area contributed by atoms with Crippen molar-refractivity contribution in [2.75, 3.05) is 28.8 Å². The zero-order chi connectivity index (χ0) is 20.7. The van der Waals surface area contributed by atoms with E-state index in [1.165, 1.54) is 0 Å². The SMILES string of the molecule is CCC1C(=O)N(C)c2cnc(Nc3ccc(CO)c4c3OCC4)nc2N1C(C)C. The van der Waals surface area contributed by atoms with Crippen LogP contribution in [0.1, 0.15) is 38.3 Å². The van der Waals surface area contributed by atoms with E-state index in [4.69, 9.17) is 9.72 Å². The normalized spacial score (nSPS) is 18.0. The molecule has 0 fully saturated rings. The van der Waals surface area contributed by atoms with E-state index in [2.05, 4.69) is 29.0 Å². The fourth-order valence-corrected chi connectivity index (χ4v) is 4.17. The lowest BCUT2D eigenvalue weighted by atomic mass is 10.0. The van der Waals surface area contributed by atoms with Crippen LogP contribution in [0.15, 0.2) is 18.3 Å². The van der Waals surface area contributed by atoms with Gasteiger partial charge in [-0.3, -0.25) is 4.79 Å². The number of aliphatic hydroxyl groups is 1. The lowest BCUT2D eigenvalue weighted by molar-refractivity contribution is -0.120. The Morgan fingerprint density at radius 1 is 1.38 bits per heavy atom. The fourth-order valence-electron chi connectivity index (χ4n) is 4.17. The number of aromatic nitrogens is 2. The summed E-state index contributed by atoms with van der Waals surface area (Å²) in [5, 5.41) is 12.8. The number of ether oxygens (including phenoxy) is 1. The Morgan fingerprint density at radius 2 is 2.17 bits per heavy atom. The van der Waals surface area contributed by atoms with Gasteiger partial charge in [0.1, 0.15) is 17.5 Å². The number of carbonyl (C=O) groups excluding carboxylic acids is 1. The minimum absolute atomic E-state index is 0.0105. The molecule has 2 N–H and O–H groups in total. The number of likely N-dealkylation sites (N-methyl/N-ethyl adjacent to an activating group) is 1. The maximum absolute atomic E-state index is 12.8. The molecular weight excluding hydrogens is 370 g/mol. The summed E-state index contributed by atoms with van der Waals surface area (Å²) in [6, 6.07) is 3.65. The molecule has 1 unspecified atom stereocenters. The average molecular weight is 397 g/mol. The Morgan fingerprint density at radius 3 is 2.86 bits per heavy atom. The summed E-state index contributed by atoms with van der Waals surface area (Å²) >= 11 is 0. The molecule has 0 saturated carbocycles. The van der Waals surface area contributed by atoms with Crippen LogP contribution in [0, 0.1) is 0 Å². The second kappa shape index (κ2) is 7.51. The van der Waals surface area contributed by atoms with E-state index in [0.29, 0.717) is 24.7 Å².